The second-order valence-corrected chi connectivity index (χ2v) is 10.0. The molecule has 0 aromatic carbocycles. The van der Waals surface area contributed by atoms with Crippen molar-refractivity contribution >= 4 is 18.4 Å². The van der Waals surface area contributed by atoms with Crippen molar-refractivity contribution in [1.29, 1.82) is 0 Å². The molecule has 8 atom stereocenters. The highest BCUT2D eigenvalue weighted by Gasteiger charge is 2.63. The molecular weight excluding hydrogens is 288 g/mol. The lowest BCUT2D eigenvalue weighted by Gasteiger charge is -2.61. The largest absolute Gasteiger partial charge is 0.299 e. The van der Waals surface area contributed by atoms with Gasteiger partial charge in [-0.1, -0.05) is 33.6 Å². The van der Waals surface area contributed by atoms with Gasteiger partial charge in [0, 0.05) is 17.1 Å². The van der Waals surface area contributed by atoms with Gasteiger partial charge in [-0.2, -0.15) is 12.6 Å². The number of carbonyl (C=O) groups is 1. The topological polar surface area (TPSA) is 17.1 Å². The minimum atomic E-state index is 0.299. The van der Waals surface area contributed by atoms with Crippen molar-refractivity contribution < 1.29 is 4.79 Å². The van der Waals surface area contributed by atoms with Crippen LogP contribution < -0.4 is 0 Å². The maximum Gasteiger partial charge on any atom is 0.139 e. The molecule has 8 unspecified atom stereocenters. The van der Waals surface area contributed by atoms with Crippen LogP contribution in [0.3, 0.4) is 0 Å². The maximum absolute atomic E-state index is 13.3. The van der Waals surface area contributed by atoms with Crippen molar-refractivity contribution in [2.45, 2.75) is 77.4 Å². The summed E-state index contributed by atoms with van der Waals surface area (Å²) in [6, 6.07) is 0. The van der Waals surface area contributed by atoms with Gasteiger partial charge >= 0.3 is 0 Å². The standard InChI is InChI=1S/C20H32OS/c1-12-13-6-4-5-10-19(13,2)15-9-11-20(3)14(7-8-16(20)22)17(15)18(12)21/h12-17,22H,4-11H2,1-3H3. The summed E-state index contributed by atoms with van der Waals surface area (Å²) < 4.78 is 0. The van der Waals surface area contributed by atoms with Crippen LogP contribution in [0.15, 0.2) is 0 Å². The van der Waals surface area contributed by atoms with Gasteiger partial charge in [-0.05, 0) is 67.1 Å². The van der Waals surface area contributed by atoms with E-state index < -0.39 is 0 Å². The second kappa shape index (κ2) is 5.01. The average molecular weight is 321 g/mol. The van der Waals surface area contributed by atoms with E-state index in [9.17, 15) is 4.79 Å². The number of thiol groups is 1. The van der Waals surface area contributed by atoms with Crippen molar-refractivity contribution in [3.8, 4) is 0 Å². The number of hydrogen-bond donors (Lipinski definition) is 1. The summed E-state index contributed by atoms with van der Waals surface area (Å²) in [5, 5.41) is 0.512. The Balaban J connectivity index is 1.75. The van der Waals surface area contributed by atoms with E-state index in [1.54, 1.807) is 0 Å². The first-order valence-electron chi connectivity index (χ1n) is 9.61. The number of hydrogen-bond acceptors (Lipinski definition) is 2. The first-order chi connectivity index (χ1) is 10.4. The fourth-order valence-electron chi connectivity index (χ4n) is 7.42. The van der Waals surface area contributed by atoms with Crippen LogP contribution in [0.2, 0.25) is 0 Å². The van der Waals surface area contributed by atoms with Gasteiger partial charge in [-0.25, -0.2) is 0 Å². The molecule has 2 heteroatoms. The molecule has 4 fully saturated rings. The molecule has 0 saturated heterocycles. The van der Waals surface area contributed by atoms with Crippen LogP contribution in [0.25, 0.3) is 0 Å². The summed E-state index contributed by atoms with van der Waals surface area (Å²) in [6.07, 6.45) is 10.4. The van der Waals surface area contributed by atoms with E-state index in [1.165, 1.54) is 51.4 Å². The zero-order valence-electron chi connectivity index (χ0n) is 14.5. The lowest BCUT2D eigenvalue weighted by Crippen LogP contribution is -2.59. The Labute approximate surface area is 141 Å². The SMILES string of the molecule is CC1C(=O)C2C3CCC(S)C3(C)CCC2C2(C)CCCCC12. The van der Waals surface area contributed by atoms with Crippen LogP contribution in [0.5, 0.6) is 0 Å². The van der Waals surface area contributed by atoms with Gasteiger partial charge in [0.05, 0.1) is 0 Å². The van der Waals surface area contributed by atoms with Crippen LogP contribution in [0, 0.1) is 40.4 Å². The number of carbonyl (C=O) groups excluding carboxylic acids is 1. The van der Waals surface area contributed by atoms with Crippen LogP contribution in [-0.2, 0) is 4.79 Å². The molecule has 0 bridgehead atoms. The minimum Gasteiger partial charge on any atom is -0.299 e. The van der Waals surface area contributed by atoms with E-state index in [0.717, 1.165) is 0 Å². The van der Waals surface area contributed by atoms with E-state index in [0.29, 0.717) is 51.5 Å². The van der Waals surface area contributed by atoms with E-state index in [2.05, 4.69) is 20.8 Å². The summed E-state index contributed by atoms with van der Waals surface area (Å²) >= 11 is 4.91. The normalized spacial score (nSPS) is 57.9. The van der Waals surface area contributed by atoms with Gasteiger partial charge < -0.3 is 0 Å². The number of fused-ring (bicyclic) bond motifs is 5. The molecule has 0 spiro atoms. The monoisotopic (exact) mass is 320 g/mol. The Morgan fingerprint density at radius 1 is 0.909 bits per heavy atom. The molecule has 4 saturated carbocycles. The van der Waals surface area contributed by atoms with E-state index >= 15 is 0 Å². The summed E-state index contributed by atoms with van der Waals surface area (Å²) in [5.41, 5.74) is 0.754. The maximum atomic E-state index is 13.3. The number of ketones is 1. The Morgan fingerprint density at radius 2 is 1.64 bits per heavy atom. The Morgan fingerprint density at radius 3 is 2.41 bits per heavy atom. The third-order valence-corrected chi connectivity index (χ3v) is 9.62. The summed E-state index contributed by atoms with van der Waals surface area (Å²) in [5.74, 6) is 3.22. The fraction of sp³-hybridized carbons (Fsp3) is 0.950. The zero-order valence-corrected chi connectivity index (χ0v) is 15.4. The molecule has 0 heterocycles. The molecule has 4 aliphatic rings. The van der Waals surface area contributed by atoms with Crippen molar-refractivity contribution in [1.82, 2.24) is 0 Å². The van der Waals surface area contributed by atoms with Crippen molar-refractivity contribution in [3.05, 3.63) is 0 Å². The van der Waals surface area contributed by atoms with Crippen LogP contribution in [0.4, 0.5) is 0 Å². The molecule has 0 aromatic rings. The second-order valence-electron chi connectivity index (χ2n) is 9.43. The Kier molecular flexibility index (Phi) is 3.54. The van der Waals surface area contributed by atoms with Crippen LogP contribution in [-0.4, -0.2) is 11.0 Å². The fourth-order valence-corrected chi connectivity index (χ4v) is 7.89. The predicted molar refractivity (Wildman–Crippen MR) is 94.1 cm³/mol. The quantitative estimate of drug-likeness (QED) is 0.611. The molecule has 0 N–H and O–H groups in total. The highest BCUT2D eigenvalue weighted by molar-refractivity contribution is 7.81. The molecule has 22 heavy (non-hydrogen) atoms. The summed E-state index contributed by atoms with van der Waals surface area (Å²) in [6.45, 7) is 7.24. The van der Waals surface area contributed by atoms with Gasteiger partial charge in [0.15, 0.2) is 0 Å². The van der Waals surface area contributed by atoms with Gasteiger partial charge in [0.2, 0.25) is 0 Å². The molecule has 1 nitrogen and oxygen atoms in total. The Bertz CT molecular complexity index is 488. The number of Topliss-reactive ketones (excluding diaryl/α,β-unsaturated/α-hetero) is 1. The predicted octanol–water partition coefficient (Wildman–Crippen LogP) is 5.14. The van der Waals surface area contributed by atoms with Crippen molar-refractivity contribution in [2.75, 3.05) is 0 Å². The minimum absolute atomic E-state index is 0.299. The molecule has 0 amide bonds. The third-order valence-electron chi connectivity index (χ3n) is 8.78. The molecule has 124 valence electrons. The average Bonchev–Trinajstić information content (AvgIpc) is 2.80. The lowest BCUT2D eigenvalue weighted by atomic mass is 9.43. The van der Waals surface area contributed by atoms with Gasteiger partial charge in [0.25, 0.3) is 0 Å². The number of rotatable bonds is 0. The van der Waals surface area contributed by atoms with Crippen molar-refractivity contribution in [3.63, 3.8) is 0 Å². The van der Waals surface area contributed by atoms with E-state index in [4.69, 9.17) is 12.6 Å². The zero-order chi connectivity index (χ0) is 15.7. The van der Waals surface area contributed by atoms with Gasteiger partial charge in [-0.3, -0.25) is 4.79 Å². The van der Waals surface area contributed by atoms with Crippen molar-refractivity contribution in [2.24, 2.45) is 40.4 Å². The summed E-state index contributed by atoms with van der Waals surface area (Å²) in [4.78, 5) is 13.3. The third kappa shape index (κ3) is 1.82. The molecule has 4 aliphatic carbocycles. The first kappa shape index (κ1) is 15.5. The lowest BCUT2D eigenvalue weighted by molar-refractivity contribution is -0.163. The first-order valence-corrected chi connectivity index (χ1v) is 10.1. The van der Waals surface area contributed by atoms with Gasteiger partial charge in [0.1, 0.15) is 5.78 Å². The highest BCUT2D eigenvalue weighted by Crippen LogP contribution is 2.66. The van der Waals surface area contributed by atoms with E-state index in [1.807, 2.05) is 0 Å². The van der Waals surface area contributed by atoms with Crippen LogP contribution in [0.1, 0.15) is 72.1 Å². The molecule has 0 radical (unpaired) electrons. The summed E-state index contributed by atoms with van der Waals surface area (Å²) in [7, 11) is 0. The Hall–Kier alpha value is 0.0200. The smallest absolute Gasteiger partial charge is 0.139 e. The van der Waals surface area contributed by atoms with E-state index in [-0.39, 0.29) is 0 Å². The molecular formula is C20H32OS. The molecule has 4 rings (SSSR count). The highest BCUT2D eigenvalue weighted by atomic mass is 32.1. The van der Waals surface area contributed by atoms with Crippen LogP contribution >= 0.6 is 12.6 Å². The molecule has 0 aromatic heterocycles. The molecule has 0 aliphatic heterocycles. The van der Waals surface area contributed by atoms with Gasteiger partial charge in [-0.15, -0.1) is 0 Å².